The predicted molar refractivity (Wildman–Crippen MR) is 73.8 cm³/mol. The van der Waals surface area contributed by atoms with Crippen molar-refractivity contribution < 1.29 is 9.53 Å². The highest BCUT2D eigenvalue weighted by molar-refractivity contribution is 7.18. The van der Waals surface area contributed by atoms with Gasteiger partial charge >= 0.3 is 5.97 Å². The molecule has 0 spiro atoms. The van der Waals surface area contributed by atoms with E-state index in [1.807, 2.05) is 12.1 Å². The number of rotatable bonds is 6. The first-order valence-corrected chi connectivity index (χ1v) is 7.05. The summed E-state index contributed by atoms with van der Waals surface area (Å²) in [4.78, 5) is 15.2. The molecule has 0 amide bonds. The number of esters is 1. The highest BCUT2D eigenvalue weighted by Gasteiger charge is 2.02. The van der Waals surface area contributed by atoms with Gasteiger partial charge < -0.3 is 4.74 Å². The quantitative estimate of drug-likeness (QED) is 0.591. The maximum atomic E-state index is 10.6. The molecule has 2 aromatic rings. The van der Waals surface area contributed by atoms with Gasteiger partial charge in [-0.15, -0.1) is 11.3 Å². The molecule has 0 aliphatic carbocycles. The molecule has 1 heterocycles. The third-order valence-electron chi connectivity index (χ3n) is 2.68. The number of carbonyl (C=O) groups is 1. The van der Waals surface area contributed by atoms with Crippen LogP contribution in [0.15, 0.2) is 24.3 Å². The molecule has 0 aliphatic heterocycles. The van der Waals surface area contributed by atoms with Gasteiger partial charge in [0, 0.05) is 6.92 Å². The number of aryl methyl sites for hydroxylation is 1. The second-order valence-electron chi connectivity index (χ2n) is 4.23. The van der Waals surface area contributed by atoms with Crippen LogP contribution in [0.25, 0.3) is 10.2 Å². The molecule has 1 aromatic heterocycles. The second-order valence-corrected chi connectivity index (χ2v) is 5.34. The van der Waals surface area contributed by atoms with Crippen LogP contribution in [-0.2, 0) is 16.0 Å². The van der Waals surface area contributed by atoms with Crippen LogP contribution in [0.1, 0.15) is 31.2 Å². The largest absolute Gasteiger partial charge is 0.466 e. The molecule has 0 aliphatic rings. The number of carbonyl (C=O) groups excluding carboxylic acids is 1. The number of fused-ring (bicyclic) bond motifs is 1. The maximum absolute atomic E-state index is 10.6. The fourth-order valence-corrected chi connectivity index (χ4v) is 2.81. The average Bonchev–Trinajstić information content (AvgIpc) is 2.75. The molecule has 0 bridgehead atoms. The standard InChI is InChI=1S/C14H17NO2S/c1-11(16)17-10-6-2-3-9-14-15-12-7-4-5-8-13(12)18-14/h4-5,7-8H,2-3,6,9-10H2,1H3. The highest BCUT2D eigenvalue weighted by Crippen LogP contribution is 2.22. The van der Waals surface area contributed by atoms with Gasteiger partial charge in [-0.1, -0.05) is 12.1 Å². The summed E-state index contributed by atoms with van der Waals surface area (Å²) in [6.45, 7) is 1.98. The van der Waals surface area contributed by atoms with Gasteiger partial charge in [0.1, 0.15) is 0 Å². The minimum atomic E-state index is -0.193. The van der Waals surface area contributed by atoms with Gasteiger partial charge in [0.25, 0.3) is 0 Å². The van der Waals surface area contributed by atoms with Gasteiger partial charge in [0.15, 0.2) is 0 Å². The van der Waals surface area contributed by atoms with Gasteiger partial charge in [-0.3, -0.25) is 4.79 Å². The second kappa shape index (κ2) is 6.50. The molecule has 0 saturated carbocycles. The van der Waals surface area contributed by atoms with E-state index in [1.165, 1.54) is 16.6 Å². The summed E-state index contributed by atoms with van der Waals surface area (Å²) in [6, 6.07) is 8.22. The highest BCUT2D eigenvalue weighted by atomic mass is 32.1. The van der Waals surface area contributed by atoms with Gasteiger partial charge in [0.05, 0.1) is 21.8 Å². The summed E-state index contributed by atoms with van der Waals surface area (Å²) < 4.78 is 6.15. The zero-order chi connectivity index (χ0) is 12.8. The van der Waals surface area contributed by atoms with Crippen LogP contribution in [0.4, 0.5) is 0 Å². The number of thiazole rings is 1. The molecule has 0 atom stereocenters. The van der Waals surface area contributed by atoms with Crippen molar-refractivity contribution in [1.29, 1.82) is 0 Å². The third kappa shape index (κ3) is 3.81. The van der Waals surface area contributed by atoms with Gasteiger partial charge in [-0.2, -0.15) is 0 Å². The number of ether oxygens (including phenoxy) is 1. The Bertz CT molecular complexity index is 488. The molecule has 0 unspecified atom stereocenters. The van der Waals surface area contributed by atoms with Crippen molar-refractivity contribution in [2.75, 3.05) is 6.61 Å². The van der Waals surface area contributed by atoms with E-state index in [0.29, 0.717) is 6.61 Å². The number of aromatic nitrogens is 1. The monoisotopic (exact) mass is 263 g/mol. The Labute approximate surface area is 111 Å². The van der Waals surface area contributed by atoms with Crippen molar-refractivity contribution in [1.82, 2.24) is 4.98 Å². The van der Waals surface area contributed by atoms with Crippen molar-refractivity contribution >= 4 is 27.5 Å². The third-order valence-corrected chi connectivity index (χ3v) is 3.77. The van der Waals surface area contributed by atoms with Crippen LogP contribution in [0.5, 0.6) is 0 Å². The molecule has 96 valence electrons. The number of hydrogen-bond donors (Lipinski definition) is 0. The molecule has 0 saturated heterocycles. The summed E-state index contributed by atoms with van der Waals surface area (Å²) in [7, 11) is 0. The van der Waals surface area contributed by atoms with Crippen LogP contribution >= 0.6 is 11.3 Å². The summed E-state index contributed by atoms with van der Waals surface area (Å²) in [5.41, 5.74) is 1.09. The van der Waals surface area contributed by atoms with Gasteiger partial charge in [-0.05, 0) is 37.8 Å². The predicted octanol–water partition coefficient (Wildman–Crippen LogP) is 3.57. The van der Waals surface area contributed by atoms with Crippen LogP contribution in [0.2, 0.25) is 0 Å². The number of benzene rings is 1. The molecule has 1 aromatic carbocycles. The first-order chi connectivity index (χ1) is 8.75. The van der Waals surface area contributed by atoms with E-state index in [4.69, 9.17) is 4.74 Å². The van der Waals surface area contributed by atoms with Gasteiger partial charge in [-0.25, -0.2) is 4.98 Å². The number of para-hydroxylation sites is 1. The van der Waals surface area contributed by atoms with Crippen molar-refractivity contribution in [3.63, 3.8) is 0 Å². The Kier molecular flexibility index (Phi) is 4.70. The number of hydrogen-bond acceptors (Lipinski definition) is 4. The van der Waals surface area contributed by atoms with Crippen LogP contribution in [-0.4, -0.2) is 17.6 Å². The fraction of sp³-hybridized carbons (Fsp3) is 0.429. The molecule has 0 radical (unpaired) electrons. The summed E-state index contributed by atoms with van der Waals surface area (Å²) in [6.07, 6.45) is 4.12. The Morgan fingerprint density at radius 3 is 2.89 bits per heavy atom. The lowest BCUT2D eigenvalue weighted by Gasteiger charge is -2.00. The van der Waals surface area contributed by atoms with E-state index in [2.05, 4.69) is 17.1 Å². The SMILES string of the molecule is CC(=O)OCCCCCc1nc2ccccc2s1. The molecular formula is C14H17NO2S. The van der Waals surface area contributed by atoms with Crippen molar-refractivity contribution in [2.45, 2.75) is 32.6 Å². The summed E-state index contributed by atoms with van der Waals surface area (Å²) in [5, 5.41) is 1.20. The Morgan fingerprint density at radius 2 is 2.11 bits per heavy atom. The topological polar surface area (TPSA) is 39.2 Å². The lowest BCUT2D eigenvalue weighted by molar-refractivity contribution is -0.141. The molecule has 4 heteroatoms. The molecule has 2 rings (SSSR count). The van der Waals surface area contributed by atoms with Crippen LogP contribution in [0, 0.1) is 0 Å². The molecule has 3 nitrogen and oxygen atoms in total. The van der Waals surface area contributed by atoms with E-state index >= 15 is 0 Å². The molecular weight excluding hydrogens is 246 g/mol. The number of unbranched alkanes of at least 4 members (excludes halogenated alkanes) is 2. The van der Waals surface area contributed by atoms with E-state index < -0.39 is 0 Å². The maximum Gasteiger partial charge on any atom is 0.302 e. The Hall–Kier alpha value is -1.42. The van der Waals surface area contributed by atoms with Crippen molar-refractivity contribution in [3.05, 3.63) is 29.3 Å². The summed E-state index contributed by atoms with van der Waals surface area (Å²) >= 11 is 1.77. The average molecular weight is 263 g/mol. The molecule has 0 N–H and O–H groups in total. The number of nitrogens with zero attached hydrogens (tertiary/aromatic N) is 1. The minimum absolute atomic E-state index is 0.193. The zero-order valence-corrected chi connectivity index (χ0v) is 11.3. The van der Waals surface area contributed by atoms with Crippen molar-refractivity contribution in [3.8, 4) is 0 Å². The Balaban J connectivity index is 1.72. The Morgan fingerprint density at radius 1 is 1.28 bits per heavy atom. The molecule has 0 fully saturated rings. The zero-order valence-electron chi connectivity index (χ0n) is 10.5. The first-order valence-electron chi connectivity index (χ1n) is 6.23. The smallest absolute Gasteiger partial charge is 0.302 e. The lowest BCUT2D eigenvalue weighted by Crippen LogP contribution is -2.00. The van der Waals surface area contributed by atoms with Gasteiger partial charge in [0.2, 0.25) is 0 Å². The van der Waals surface area contributed by atoms with E-state index in [9.17, 15) is 4.79 Å². The first kappa shape index (κ1) is 13.0. The van der Waals surface area contributed by atoms with Crippen LogP contribution < -0.4 is 0 Å². The lowest BCUT2D eigenvalue weighted by atomic mass is 10.2. The van der Waals surface area contributed by atoms with Crippen LogP contribution in [0.3, 0.4) is 0 Å². The minimum Gasteiger partial charge on any atom is -0.466 e. The fourth-order valence-electron chi connectivity index (χ4n) is 1.80. The van der Waals surface area contributed by atoms with E-state index in [0.717, 1.165) is 31.2 Å². The van der Waals surface area contributed by atoms with E-state index in [-0.39, 0.29) is 5.97 Å². The molecule has 18 heavy (non-hydrogen) atoms. The van der Waals surface area contributed by atoms with E-state index in [1.54, 1.807) is 11.3 Å². The summed E-state index contributed by atoms with van der Waals surface area (Å²) in [5.74, 6) is -0.193. The normalized spacial score (nSPS) is 10.7. The van der Waals surface area contributed by atoms with Crippen molar-refractivity contribution in [2.24, 2.45) is 0 Å².